The summed E-state index contributed by atoms with van der Waals surface area (Å²) in [5.74, 6) is 1.61. The van der Waals surface area contributed by atoms with Gasteiger partial charge in [-0.3, -0.25) is 0 Å². The fourth-order valence-electron chi connectivity index (χ4n) is 2.78. The Hall–Kier alpha value is -2.14. The number of hydrogen-bond acceptors (Lipinski definition) is 5. The van der Waals surface area contributed by atoms with E-state index >= 15 is 0 Å². The third-order valence-electron chi connectivity index (χ3n) is 3.77. The van der Waals surface area contributed by atoms with Crippen LogP contribution in [0.3, 0.4) is 0 Å². The van der Waals surface area contributed by atoms with Crippen molar-refractivity contribution in [2.24, 2.45) is 5.73 Å². The molecule has 0 radical (unpaired) electrons. The van der Waals surface area contributed by atoms with E-state index in [1.165, 1.54) is 11.3 Å². The van der Waals surface area contributed by atoms with Crippen LogP contribution in [0.1, 0.15) is 17.1 Å². The van der Waals surface area contributed by atoms with Gasteiger partial charge in [-0.05, 0) is 25.0 Å². The molecule has 2 heterocycles. The summed E-state index contributed by atoms with van der Waals surface area (Å²) in [6.45, 7) is 5.25. The van der Waals surface area contributed by atoms with Crippen molar-refractivity contribution < 1.29 is 0 Å². The molecule has 0 fully saturated rings. The van der Waals surface area contributed by atoms with Gasteiger partial charge in [-0.15, -0.1) is 0 Å². The van der Waals surface area contributed by atoms with E-state index in [1.807, 2.05) is 13.0 Å². The van der Waals surface area contributed by atoms with E-state index in [-0.39, 0.29) is 0 Å². The quantitative estimate of drug-likeness (QED) is 0.874. The van der Waals surface area contributed by atoms with Gasteiger partial charge in [0.1, 0.15) is 11.6 Å². The van der Waals surface area contributed by atoms with Crippen LogP contribution in [0.15, 0.2) is 30.3 Å². The van der Waals surface area contributed by atoms with Gasteiger partial charge in [0, 0.05) is 37.9 Å². The van der Waals surface area contributed by atoms with Gasteiger partial charge in [-0.2, -0.15) is 0 Å². The predicted molar refractivity (Wildman–Crippen MR) is 85.5 cm³/mol. The Morgan fingerprint density at radius 3 is 3.00 bits per heavy atom. The van der Waals surface area contributed by atoms with Gasteiger partial charge < -0.3 is 16.0 Å². The first-order chi connectivity index (χ1) is 10.3. The maximum atomic E-state index is 5.64. The molecule has 0 amide bonds. The molecule has 110 valence electrons. The lowest BCUT2D eigenvalue weighted by Gasteiger charge is -2.19. The van der Waals surface area contributed by atoms with Crippen molar-refractivity contribution in [1.82, 2.24) is 9.97 Å². The minimum Gasteiger partial charge on any atom is -0.369 e. The molecule has 3 rings (SSSR count). The summed E-state index contributed by atoms with van der Waals surface area (Å²) in [7, 11) is 0. The Morgan fingerprint density at radius 2 is 2.14 bits per heavy atom. The number of nitrogens with two attached hydrogens (primary N) is 1. The Morgan fingerprint density at radius 1 is 1.29 bits per heavy atom. The van der Waals surface area contributed by atoms with Crippen LogP contribution in [0, 0.1) is 6.92 Å². The molecular formula is C16H21N5. The molecule has 0 saturated heterocycles. The SMILES string of the molecule is Cc1nc(CN)cc(NCCN2CCc3ccccc32)n1. The van der Waals surface area contributed by atoms with Crippen LogP contribution in [0.2, 0.25) is 0 Å². The van der Waals surface area contributed by atoms with Crippen LogP contribution in [0.5, 0.6) is 0 Å². The highest BCUT2D eigenvalue weighted by Crippen LogP contribution is 2.26. The van der Waals surface area contributed by atoms with Crippen molar-refractivity contribution >= 4 is 11.5 Å². The first-order valence-electron chi connectivity index (χ1n) is 7.37. The summed E-state index contributed by atoms with van der Waals surface area (Å²) < 4.78 is 0. The number of aromatic nitrogens is 2. The van der Waals surface area contributed by atoms with Crippen LogP contribution < -0.4 is 16.0 Å². The molecule has 5 nitrogen and oxygen atoms in total. The number of nitrogens with zero attached hydrogens (tertiary/aromatic N) is 3. The van der Waals surface area contributed by atoms with Crippen LogP contribution in [0.25, 0.3) is 0 Å². The molecule has 0 spiro atoms. The van der Waals surface area contributed by atoms with Gasteiger partial charge in [-0.25, -0.2) is 9.97 Å². The summed E-state index contributed by atoms with van der Waals surface area (Å²) in [5, 5.41) is 3.37. The van der Waals surface area contributed by atoms with Crippen molar-refractivity contribution in [3.8, 4) is 0 Å². The smallest absolute Gasteiger partial charge is 0.130 e. The normalized spacial score (nSPS) is 13.3. The lowest BCUT2D eigenvalue weighted by molar-refractivity contribution is 0.833. The lowest BCUT2D eigenvalue weighted by Crippen LogP contribution is -2.27. The molecule has 0 saturated carbocycles. The molecule has 5 heteroatoms. The number of rotatable bonds is 5. The van der Waals surface area contributed by atoms with Gasteiger partial charge >= 0.3 is 0 Å². The summed E-state index contributed by atoms with van der Waals surface area (Å²) in [6, 6.07) is 10.5. The van der Waals surface area contributed by atoms with Gasteiger partial charge in [-0.1, -0.05) is 18.2 Å². The summed E-state index contributed by atoms with van der Waals surface area (Å²) in [5.41, 5.74) is 9.32. The maximum absolute atomic E-state index is 5.64. The predicted octanol–water partition coefficient (Wildman–Crippen LogP) is 1.72. The number of nitrogens with one attached hydrogen (secondary N) is 1. The first kappa shape index (κ1) is 13.8. The second-order valence-corrected chi connectivity index (χ2v) is 5.29. The number of fused-ring (bicyclic) bond motifs is 1. The number of hydrogen-bond donors (Lipinski definition) is 2. The number of para-hydroxylation sites is 1. The third kappa shape index (κ3) is 3.13. The van der Waals surface area contributed by atoms with Crippen LogP contribution in [0.4, 0.5) is 11.5 Å². The fourth-order valence-corrected chi connectivity index (χ4v) is 2.78. The lowest BCUT2D eigenvalue weighted by atomic mass is 10.2. The maximum Gasteiger partial charge on any atom is 0.130 e. The van der Waals surface area contributed by atoms with E-state index in [4.69, 9.17) is 5.73 Å². The molecule has 2 aromatic rings. The number of aryl methyl sites for hydroxylation is 1. The molecule has 0 aliphatic carbocycles. The summed E-state index contributed by atoms with van der Waals surface area (Å²) in [6.07, 6.45) is 1.14. The summed E-state index contributed by atoms with van der Waals surface area (Å²) in [4.78, 5) is 11.1. The second kappa shape index (κ2) is 6.10. The van der Waals surface area contributed by atoms with Crippen molar-refractivity contribution in [2.75, 3.05) is 29.9 Å². The largest absolute Gasteiger partial charge is 0.369 e. The highest BCUT2D eigenvalue weighted by molar-refractivity contribution is 5.57. The molecule has 1 aromatic heterocycles. The zero-order valence-electron chi connectivity index (χ0n) is 12.3. The van der Waals surface area contributed by atoms with Gasteiger partial charge in [0.2, 0.25) is 0 Å². The van der Waals surface area contributed by atoms with Crippen LogP contribution in [-0.4, -0.2) is 29.6 Å². The van der Waals surface area contributed by atoms with E-state index in [9.17, 15) is 0 Å². The Kier molecular flexibility index (Phi) is 4.01. The van der Waals surface area contributed by atoms with Crippen LogP contribution >= 0.6 is 0 Å². The molecule has 21 heavy (non-hydrogen) atoms. The van der Waals surface area contributed by atoms with Gasteiger partial charge in [0.05, 0.1) is 5.69 Å². The fraction of sp³-hybridized carbons (Fsp3) is 0.375. The van der Waals surface area contributed by atoms with E-state index in [2.05, 4.69) is 44.5 Å². The Labute approximate surface area is 125 Å². The molecule has 0 atom stereocenters. The Balaban J connectivity index is 1.59. The van der Waals surface area contributed by atoms with Gasteiger partial charge in [0.15, 0.2) is 0 Å². The first-order valence-corrected chi connectivity index (χ1v) is 7.37. The van der Waals surface area contributed by atoms with Crippen molar-refractivity contribution in [3.63, 3.8) is 0 Å². The zero-order valence-corrected chi connectivity index (χ0v) is 12.3. The minimum atomic E-state index is 0.442. The zero-order chi connectivity index (χ0) is 14.7. The summed E-state index contributed by atoms with van der Waals surface area (Å²) >= 11 is 0. The molecule has 1 aromatic carbocycles. The highest BCUT2D eigenvalue weighted by atomic mass is 15.2. The Bertz CT molecular complexity index is 626. The monoisotopic (exact) mass is 283 g/mol. The van der Waals surface area contributed by atoms with Gasteiger partial charge in [0.25, 0.3) is 0 Å². The number of benzene rings is 1. The minimum absolute atomic E-state index is 0.442. The molecule has 1 aliphatic rings. The van der Waals surface area contributed by atoms with E-state index in [0.717, 1.165) is 43.4 Å². The standard InChI is InChI=1S/C16H21N5/c1-12-19-14(11-17)10-16(20-12)18-7-9-21-8-6-13-4-2-3-5-15(13)21/h2-5,10H,6-9,11,17H2,1H3,(H,18,19,20). The molecule has 1 aliphatic heterocycles. The second-order valence-electron chi connectivity index (χ2n) is 5.29. The van der Waals surface area contributed by atoms with Crippen molar-refractivity contribution in [1.29, 1.82) is 0 Å². The third-order valence-corrected chi connectivity index (χ3v) is 3.77. The highest BCUT2D eigenvalue weighted by Gasteiger charge is 2.17. The van der Waals surface area contributed by atoms with E-state index in [0.29, 0.717) is 6.54 Å². The van der Waals surface area contributed by atoms with Crippen molar-refractivity contribution in [2.45, 2.75) is 19.9 Å². The van der Waals surface area contributed by atoms with Crippen molar-refractivity contribution in [3.05, 3.63) is 47.4 Å². The average molecular weight is 283 g/mol. The van der Waals surface area contributed by atoms with E-state index in [1.54, 1.807) is 0 Å². The molecule has 3 N–H and O–H groups in total. The number of anilines is 2. The molecule has 0 bridgehead atoms. The average Bonchev–Trinajstić information content (AvgIpc) is 2.90. The molecular weight excluding hydrogens is 262 g/mol. The van der Waals surface area contributed by atoms with Crippen LogP contribution in [-0.2, 0) is 13.0 Å². The molecule has 0 unspecified atom stereocenters. The topological polar surface area (TPSA) is 67.1 Å². The van der Waals surface area contributed by atoms with E-state index < -0.39 is 0 Å².